The van der Waals surface area contributed by atoms with Gasteiger partial charge in [-0.2, -0.15) is 0 Å². The van der Waals surface area contributed by atoms with Gasteiger partial charge in [-0.1, -0.05) is 0 Å². The van der Waals surface area contributed by atoms with Gasteiger partial charge in [-0.25, -0.2) is 4.39 Å². The first-order chi connectivity index (χ1) is 6.56. The molecule has 1 aromatic carbocycles. The second kappa shape index (κ2) is 4.42. The molecule has 0 aromatic heterocycles. The SMILES string of the molecule is CC(C)N(C)c1ccc(F)cc1CO. The number of benzene rings is 1. The minimum absolute atomic E-state index is 0.135. The Kier molecular flexibility index (Phi) is 3.47. The molecule has 0 heterocycles. The highest BCUT2D eigenvalue weighted by molar-refractivity contribution is 5.53. The topological polar surface area (TPSA) is 23.5 Å². The average Bonchev–Trinajstić information content (AvgIpc) is 2.16. The first-order valence-electron chi connectivity index (χ1n) is 4.68. The van der Waals surface area contributed by atoms with Crippen LogP contribution in [0.2, 0.25) is 0 Å². The molecule has 2 nitrogen and oxygen atoms in total. The van der Waals surface area contributed by atoms with Crippen molar-refractivity contribution >= 4 is 5.69 Å². The maximum Gasteiger partial charge on any atom is 0.123 e. The molecular weight excluding hydrogens is 181 g/mol. The van der Waals surface area contributed by atoms with Crippen molar-refractivity contribution in [3.63, 3.8) is 0 Å². The van der Waals surface area contributed by atoms with Gasteiger partial charge >= 0.3 is 0 Å². The van der Waals surface area contributed by atoms with Gasteiger partial charge in [0.25, 0.3) is 0 Å². The van der Waals surface area contributed by atoms with Crippen LogP contribution in [-0.4, -0.2) is 18.2 Å². The van der Waals surface area contributed by atoms with E-state index in [4.69, 9.17) is 5.11 Å². The molecule has 78 valence electrons. The van der Waals surface area contributed by atoms with Crippen LogP contribution in [0.4, 0.5) is 10.1 Å². The second-order valence-electron chi connectivity index (χ2n) is 3.64. The maximum absolute atomic E-state index is 12.9. The van der Waals surface area contributed by atoms with Gasteiger partial charge in [-0.3, -0.25) is 0 Å². The van der Waals surface area contributed by atoms with E-state index in [1.807, 2.05) is 25.8 Å². The molecule has 0 saturated carbocycles. The van der Waals surface area contributed by atoms with Crippen LogP contribution in [0.5, 0.6) is 0 Å². The zero-order chi connectivity index (χ0) is 10.7. The van der Waals surface area contributed by atoms with E-state index < -0.39 is 0 Å². The molecule has 1 N–H and O–H groups in total. The van der Waals surface area contributed by atoms with E-state index in [-0.39, 0.29) is 12.4 Å². The van der Waals surface area contributed by atoms with E-state index in [2.05, 4.69) is 0 Å². The highest BCUT2D eigenvalue weighted by Gasteiger charge is 2.10. The monoisotopic (exact) mass is 197 g/mol. The molecule has 0 aliphatic heterocycles. The fraction of sp³-hybridized carbons (Fsp3) is 0.455. The summed E-state index contributed by atoms with van der Waals surface area (Å²) in [6.45, 7) is 3.96. The van der Waals surface area contributed by atoms with Crippen molar-refractivity contribution in [3.8, 4) is 0 Å². The van der Waals surface area contributed by atoms with Crippen molar-refractivity contribution in [3.05, 3.63) is 29.6 Å². The first kappa shape index (κ1) is 11.0. The van der Waals surface area contributed by atoms with E-state index in [0.29, 0.717) is 11.6 Å². The van der Waals surface area contributed by atoms with Crippen molar-refractivity contribution in [1.29, 1.82) is 0 Å². The van der Waals surface area contributed by atoms with E-state index >= 15 is 0 Å². The summed E-state index contributed by atoms with van der Waals surface area (Å²) in [5.41, 5.74) is 1.50. The predicted molar refractivity (Wildman–Crippen MR) is 55.9 cm³/mol. The summed E-state index contributed by atoms with van der Waals surface area (Å²) in [6, 6.07) is 4.80. The molecule has 0 radical (unpaired) electrons. The van der Waals surface area contributed by atoms with Crippen LogP contribution in [0.1, 0.15) is 19.4 Å². The number of rotatable bonds is 3. The predicted octanol–water partition coefficient (Wildman–Crippen LogP) is 2.16. The minimum atomic E-state index is -0.310. The van der Waals surface area contributed by atoms with Gasteiger partial charge in [-0.05, 0) is 32.0 Å². The average molecular weight is 197 g/mol. The third-order valence-corrected chi connectivity index (χ3v) is 2.37. The lowest BCUT2D eigenvalue weighted by Crippen LogP contribution is -2.26. The van der Waals surface area contributed by atoms with Gasteiger partial charge in [0.1, 0.15) is 5.82 Å². The molecule has 0 fully saturated rings. The molecule has 0 aliphatic carbocycles. The second-order valence-corrected chi connectivity index (χ2v) is 3.64. The number of aliphatic hydroxyl groups excluding tert-OH is 1. The van der Waals surface area contributed by atoms with Crippen LogP contribution in [0.25, 0.3) is 0 Å². The van der Waals surface area contributed by atoms with Crippen molar-refractivity contribution in [2.45, 2.75) is 26.5 Å². The standard InChI is InChI=1S/C11H16FNO/c1-8(2)13(3)11-5-4-10(12)6-9(11)7-14/h4-6,8,14H,7H2,1-3H3. The molecule has 0 aliphatic rings. The Balaban J connectivity index is 3.07. The Morgan fingerprint density at radius 1 is 1.43 bits per heavy atom. The lowest BCUT2D eigenvalue weighted by molar-refractivity contribution is 0.281. The summed E-state index contributed by atoms with van der Waals surface area (Å²) in [7, 11) is 1.93. The fourth-order valence-corrected chi connectivity index (χ4v) is 1.30. The third kappa shape index (κ3) is 2.23. The normalized spacial score (nSPS) is 10.7. The van der Waals surface area contributed by atoms with E-state index in [1.54, 1.807) is 6.07 Å². The molecule has 0 bridgehead atoms. The lowest BCUT2D eigenvalue weighted by atomic mass is 10.1. The van der Waals surface area contributed by atoms with E-state index in [0.717, 1.165) is 5.69 Å². The van der Waals surface area contributed by atoms with Crippen molar-refractivity contribution < 1.29 is 9.50 Å². The van der Waals surface area contributed by atoms with Gasteiger partial charge in [0.15, 0.2) is 0 Å². The fourth-order valence-electron chi connectivity index (χ4n) is 1.30. The van der Waals surface area contributed by atoms with E-state index in [9.17, 15) is 4.39 Å². The van der Waals surface area contributed by atoms with Gasteiger partial charge in [0.05, 0.1) is 6.61 Å². The summed E-state index contributed by atoms with van der Waals surface area (Å²) < 4.78 is 12.9. The number of hydrogen-bond acceptors (Lipinski definition) is 2. The summed E-state index contributed by atoms with van der Waals surface area (Å²) in [5, 5.41) is 9.08. The number of anilines is 1. The van der Waals surface area contributed by atoms with E-state index in [1.165, 1.54) is 12.1 Å². The molecule has 1 rings (SSSR count). The maximum atomic E-state index is 12.9. The van der Waals surface area contributed by atoms with Crippen LogP contribution in [0, 0.1) is 5.82 Å². The molecule has 0 spiro atoms. The Labute approximate surface area is 84.0 Å². The molecule has 14 heavy (non-hydrogen) atoms. The Morgan fingerprint density at radius 2 is 2.07 bits per heavy atom. The quantitative estimate of drug-likeness (QED) is 0.802. The number of halogens is 1. The van der Waals surface area contributed by atoms with Gasteiger partial charge < -0.3 is 10.0 Å². The molecular formula is C11H16FNO. The largest absolute Gasteiger partial charge is 0.392 e. The third-order valence-electron chi connectivity index (χ3n) is 2.37. The molecule has 0 unspecified atom stereocenters. The Morgan fingerprint density at radius 3 is 2.57 bits per heavy atom. The molecule has 3 heteroatoms. The Bertz CT molecular complexity index is 312. The number of aliphatic hydroxyl groups is 1. The van der Waals surface area contributed by atoms with Gasteiger partial charge in [0, 0.05) is 24.3 Å². The van der Waals surface area contributed by atoms with Crippen molar-refractivity contribution in [1.82, 2.24) is 0 Å². The zero-order valence-electron chi connectivity index (χ0n) is 8.79. The van der Waals surface area contributed by atoms with Crippen LogP contribution >= 0.6 is 0 Å². The lowest BCUT2D eigenvalue weighted by Gasteiger charge is -2.25. The van der Waals surface area contributed by atoms with Crippen molar-refractivity contribution in [2.75, 3.05) is 11.9 Å². The highest BCUT2D eigenvalue weighted by Crippen LogP contribution is 2.22. The van der Waals surface area contributed by atoms with Gasteiger partial charge in [0.2, 0.25) is 0 Å². The molecule has 0 saturated heterocycles. The first-order valence-corrected chi connectivity index (χ1v) is 4.68. The van der Waals surface area contributed by atoms with Crippen LogP contribution in [0.3, 0.4) is 0 Å². The number of hydrogen-bond donors (Lipinski definition) is 1. The summed E-state index contributed by atoms with van der Waals surface area (Å²) >= 11 is 0. The molecule has 0 amide bonds. The molecule has 0 atom stereocenters. The number of nitrogens with zero attached hydrogens (tertiary/aromatic N) is 1. The zero-order valence-corrected chi connectivity index (χ0v) is 8.79. The minimum Gasteiger partial charge on any atom is -0.392 e. The van der Waals surface area contributed by atoms with Gasteiger partial charge in [-0.15, -0.1) is 0 Å². The smallest absolute Gasteiger partial charge is 0.123 e. The van der Waals surface area contributed by atoms with Crippen molar-refractivity contribution in [2.24, 2.45) is 0 Å². The Hall–Kier alpha value is -1.09. The van der Waals surface area contributed by atoms with Crippen LogP contribution in [-0.2, 0) is 6.61 Å². The highest BCUT2D eigenvalue weighted by atomic mass is 19.1. The summed E-state index contributed by atoms with van der Waals surface area (Å²) in [6.07, 6.45) is 0. The summed E-state index contributed by atoms with van der Waals surface area (Å²) in [4.78, 5) is 2.00. The van der Waals surface area contributed by atoms with Crippen LogP contribution < -0.4 is 4.90 Å². The molecule has 1 aromatic rings. The van der Waals surface area contributed by atoms with Crippen LogP contribution in [0.15, 0.2) is 18.2 Å². The summed E-state index contributed by atoms with van der Waals surface area (Å²) in [5.74, 6) is -0.310.